The third-order valence-corrected chi connectivity index (χ3v) is 5.19. The number of amides is 1. The molecule has 0 aliphatic carbocycles. The van der Waals surface area contributed by atoms with Gasteiger partial charge in [-0.3, -0.25) is 14.9 Å². The molecule has 6 heteroatoms. The Bertz CT molecular complexity index is 1010. The number of benzene rings is 2. The lowest BCUT2D eigenvalue weighted by Gasteiger charge is -2.18. The Morgan fingerprint density at radius 2 is 1.90 bits per heavy atom. The van der Waals surface area contributed by atoms with Crippen LogP contribution in [-0.2, 0) is 11.2 Å². The predicted octanol–water partition coefficient (Wildman–Crippen LogP) is 4.93. The Labute approximate surface area is 170 Å². The van der Waals surface area contributed by atoms with Gasteiger partial charge in [0.15, 0.2) is 0 Å². The number of carbonyl (C=O) groups excluding carboxylic acids is 1. The van der Waals surface area contributed by atoms with Crippen molar-refractivity contribution in [2.45, 2.75) is 39.5 Å². The standard InChI is InChI=1S/C23H27N3O3/c1-4-16-6-5-7-19-21(14-25-23(16)19)20(12-22(27)24-13-15(2)3)17-8-10-18(11-9-17)26(28)29/h5-11,14-15,20,25H,4,12-13H2,1-3H3,(H,24,27)/t20-/m0/s1. The van der Waals surface area contributed by atoms with Crippen molar-refractivity contribution >= 4 is 22.5 Å². The number of nitrogens with zero attached hydrogens (tertiary/aromatic N) is 1. The van der Waals surface area contributed by atoms with Gasteiger partial charge in [0.2, 0.25) is 5.91 Å². The first-order valence-corrected chi connectivity index (χ1v) is 10.0. The largest absolute Gasteiger partial charge is 0.361 e. The van der Waals surface area contributed by atoms with Gasteiger partial charge in [-0.15, -0.1) is 0 Å². The van der Waals surface area contributed by atoms with E-state index in [0.717, 1.165) is 28.5 Å². The van der Waals surface area contributed by atoms with Crippen molar-refractivity contribution in [3.05, 3.63) is 75.5 Å². The van der Waals surface area contributed by atoms with E-state index < -0.39 is 4.92 Å². The maximum Gasteiger partial charge on any atom is 0.269 e. The van der Waals surface area contributed by atoms with Crippen LogP contribution in [0.4, 0.5) is 5.69 Å². The van der Waals surface area contributed by atoms with Gasteiger partial charge in [-0.05, 0) is 29.0 Å². The zero-order valence-electron chi connectivity index (χ0n) is 17.1. The molecule has 2 N–H and O–H groups in total. The number of nitro groups is 1. The lowest BCUT2D eigenvalue weighted by Crippen LogP contribution is -2.28. The molecule has 1 atom stereocenters. The number of rotatable bonds is 8. The minimum atomic E-state index is -0.409. The van der Waals surface area contributed by atoms with Gasteiger partial charge in [-0.1, -0.05) is 51.1 Å². The van der Waals surface area contributed by atoms with Crippen LogP contribution < -0.4 is 5.32 Å². The van der Waals surface area contributed by atoms with Crippen LogP contribution in [-0.4, -0.2) is 22.4 Å². The number of hydrogen-bond acceptors (Lipinski definition) is 3. The van der Waals surface area contributed by atoms with Crippen LogP contribution in [0, 0.1) is 16.0 Å². The fourth-order valence-electron chi connectivity index (χ4n) is 3.63. The average Bonchev–Trinajstić information content (AvgIpc) is 3.14. The Hall–Kier alpha value is -3.15. The van der Waals surface area contributed by atoms with Crippen molar-refractivity contribution in [3.63, 3.8) is 0 Å². The molecule has 0 bridgehead atoms. The maximum atomic E-state index is 12.6. The van der Waals surface area contributed by atoms with E-state index >= 15 is 0 Å². The highest BCUT2D eigenvalue weighted by molar-refractivity contribution is 5.88. The second-order valence-electron chi connectivity index (χ2n) is 7.74. The van der Waals surface area contributed by atoms with Crippen molar-refractivity contribution in [3.8, 4) is 0 Å². The second-order valence-corrected chi connectivity index (χ2v) is 7.74. The van der Waals surface area contributed by atoms with Crippen LogP contribution in [0.3, 0.4) is 0 Å². The Morgan fingerprint density at radius 1 is 1.17 bits per heavy atom. The smallest absolute Gasteiger partial charge is 0.269 e. The van der Waals surface area contributed by atoms with Gasteiger partial charge in [-0.25, -0.2) is 0 Å². The zero-order chi connectivity index (χ0) is 21.0. The zero-order valence-corrected chi connectivity index (χ0v) is 17.1. The van der Waals surface area contributed by atoms with Crippen molar-refractivity contribution in [2.75, 3.05) is 6.54 Å². The first-order valence-electron chi connectivity index (χ1n) is 10.0. The summed E-state index contributed by atoms with van der Waals surface area (Å²) in [5.41, 5.74) is 4.27. The normalized spacial score (nSPS) is 12.3. The van der Waals surface area contributed by atoms with E-state index in [1.54, 1.807) is 12.1 Å². The summed E-state index contributed by atoms with van der Waals surface area (Å²) in [6.45, 7) is 6.85. The summed E-state index contributed by atoms with van der Waals surface area (Å²) in [5.74, 6) is 0.156. The van der Waals surface area contributed by atoms with Crippen LogP contribution in [0.2, 0.25) is 0 Å². The van der Waals surface area contributed by atoms with E-state index in [4.69, 9.17) is 0 Å². The van der Waals surface area contributed by atoms with Gasteiger partial charge in [0.25, 0.3) is 5.69 Å². The SMILES string of the molecule is CCc1cccc2c([C@@H](CC(=O)NCC(C)C)c3ccc([N+](=O)[O-])cc3)c[nH]c12. The van der Waals surface area contributed by atoms with Crippen molar-refractivity contribution in [1.82, 2.24) is 10.3 Å². The molecule has 0 aliphatic rings. The first-order chi connectivity index (χ1) is 13.9. The highest BCUT2D eigenvalue weighted by Gasteiger charge is 2.23. The summed E-state index contributed by atoms with van der Waals surface area (Å²) in [6, 6.07) is 12.7. The van der Waals surface area contributed by atoms with Crippen LogP contribution >= 0.6 is 0 Å². The lowest BCUT2D eigenvalue weighted by atomic mass is 9.87. The first kappa shape index (κ1) is 20.6. The summed E-state index contributed by atoms with van der Waals surface area (Å²) in [6.07, 6.45) is 3.16. The lowest BCUT2D eigenvalue weighted by molar-refractivity contribution is -0.384. The van der Waals surface area contributed by atoms with E-state index in [-0.39, 0.29) is 23.9 Å². The summed E-state index contributed by atoms with van der Waals surface area (Å²) >= 11 is 0. The number of aromatic amines is 1. The molecular formula is C23H27N3O3. The molecular weight excluding hydrogens is 366 g/mol. The molecule has 0 spiro atoms. The predicted molar refractivity (Wildman–Crippen MR) is 115 cm³/mol. The van der Waals surface area contributed by atoms with E-state index in [2.05, 4.69) is 43.2 Å². The Morgan fingerprint density at radius 3 is 2.52 bits per heavy atom. The quantitative estimate of drug-likeness (QED) is 0.420. The molecule has 6 nitrogen and oxygen atoms in total. The van der Waals surface area contributed by atoms with Gasteiger partial charge in [0.05, 0.1) is 4.92 Å². The summed E-state index contributed by atoms with van der Waals surface area (Å²) < 4.78 is 0. The van der Waals surface area contributed by atoms with E-state index in [9.17, 15) is 14.9 Å². The summed E-state index contributed by atoms with van der Waals surface area (Å²) in [5, 5.41) is 15.1. The molecule has 0 radical (unpaired) electrons. The number of para-hydroxylation sites is 1. The number of hydrogen-bond donors (Lipinski definition) is 2. The molecule has 2 aromatic carbocycles. The third-order valence-electron chi connectivity index (χ3n) is 5.19. The molecule has 152 valence electrons. The third kappa shape index (κ3) is 4.65. The van der Waals surface area contributed by atoms with E-state index in [0.29, 0.717) is 12.5 Å². The molecule has 0 saturated carbocycles. The molecule has 0 unspecified atom stereocenters. The molecule has 1 heterocycles. The highest BCUT2D eigenvalue weighted by Crippen LogP contribution is 2.35. The minimum Gasteiger partial charge on any atom is -0.361 e. The van der Waals surface area contributed by atoms with Gasteiger partial charge in [-0.2, -0.15) is 0 Å². The molecule has 29 heavy (non-hydrogen) atoms. The Kier molecular flexibility index (Phi) is 6.32. The minimum absolute atomic E-state index is 0.0250. The fraction of sp³-hybridized carbons (Fsp3) is 0.348. The number of fused-ring (bicyclic) bond motifs is 1. The van der Waals surface area contributed by atoms with Gasteiger partial charge >= 0.3 is 0 Å². The van der Waals surface area contributed by atoms with Crippen molar-refractivity contribution in [2.24, 2.45) is 5.92 Å². The van der Waals surface area contributed by atoms with E-state index in [1.165, 1.54) is 17.7 Å². The van der Waals surface area contributed by atoms with Gasteiger partial charge in [0.1, 0.15) is 0 Å². The van der Waals surface area contributed by atoms with Gasteiger partial charge < -0.3 is 10.3 Å². The number of H-pyrrole nitrogens is 1. The highest BCUT2D eigenvalue weighted by atomic mass is 16.6. The number of nitrogens with one attached hydrogen (secondary N) is 2. The molecule has 1 amide bonds. The molecule has 0 aliphatic heterocycles. The molecule has 0 saturated heterocycles. The molecule has 1 aromatic heterocycles. The van der Waals surface area contributed by atoms with Crippen molar-refractivity contribution < 1.29 is 9.72 Å². The van der Waals surface area contributed by atoms with Crippen LogP contribution in [0.15, 0.2) is 48.7 Å². The van der Waals surface area contributed by atoms with Crippen LogP contribution in [0.1, 0.15) is 49.8 Å². The number of aromatic nitrogens is 1. The Balaban J connectivity index is 2.01. The van der Waals surface area contributed by atoms with Crippen molar-refractivity contribution in [1.29, 1.82) is 0 Å². The fourth-order valence-corrected chi connectivity index (χ4v) is 3.63. The average molecular weight is 393 g/mol. The number of carbonyl (C=O) groups is 1. The van der Waals surface area contributed by atoms with E-state index in [1.807, 2.05) is 12.3 Å². The van der Waals surface area contributed by atoms with Gasteiger partial charge in [0, 0.05) is 48.1 Å². The summed E-state index contributed by atoms with van der Waals surface area (Å²) in [7, 11) is 0. The number of nitro benzene ring substituents is 1. The molecule has 3 aromatic rings. The number of non-ortho nitro benzene ring substituents is 1. The van der Waals surface area contributed by atoms with Crippen LogP contribution in [0.5, 0.6) is 0 Å². The number of aryl methyl sites for hydroxylation is 1. The molecule has 0 fully saturated rings. The van der Waals surface area contributed by atoms with Crippen LogP contribution in [0.25, 0.3) is 10.9 Å². The second kappa shape index (κ2) is 8.90. The molecule has 3 rings (SSSR count). The maximum absolute atomic E-state index is 12.6. The monoisotopic (exact) mass is 393 g/mol. The topological polar surface area (TPSA) is 88.0 Å². The summed E-state index contributed by atoms with van der Waals surface area (Å²) in [4.78, 5) is 26.6.